The third-order valence-electron chi connectivity index (χ3n) is 2.25. The lowest BCUT2D eigenvalue weighted by Crippen LogP contribution is -2.29. The summed E-state index contributed by atoms with van der Waals surface area (Å²) in [5.41, 5.74) is 1.10. The van der Waals surface area contributed by atoms with Gasteiger partial charge in [0.25, 0.3) is 5.91 Å². The molecule has 1 unspecified atom stereocenters. The lowest BCUT2D eigenvalue weighted by atomic mass is 10.1. The number of carbonyl (C=O) groups excluding carboxylic acids is 1. The molecule has 1 aromatic heterocycles. The molecule has 88 valence electrons. The first kappa shape index (κ1) is 12.6. The molecule has 0 aliphatic carbocycles. The van der Waals surface area contributed by atoms with Gasteiger partial charge in [0.2, 0.25) is 0 Å². The minimum Gasteiger partial charge on any atom is -0.396 e. The van der Waals surface area contributed by atoms with Crippen molar-refractivity contribution < 1.29 is 9.90 Å². The van der Waals surface area contributed by atoms with Crippen LogP contribution < -0.4 is 5.32 Å². The summed E-state index contributed by atoms with van der Waals surface area (Å²) in [7, 11) is 0. The van der Waals surface area contributed by atoms with Crippen LogP contribution in [-0.2, 0) is 0 Å². The summed E-state index contributed by atoms with van der Waals surface area (Å²) in [6.07, 6.45) is 3.70. The summed E-state index contributed by atoms with van der Waals surface area (Å²) in [5.74, 6) is 0.0321. The van der Waals surface area contributed by atoms with E-state index < -0.39 is 0 Å². The van der Waals surface area contributed by atoms with Gasteiger partial charge < -0.3 is 10.4 Å². The van der Waals surface area contributed by atoms with Gasteiger partial charge in [-0.2, -0.15) is 0 Å². The number of aliphatic hydroxyl groups is 1. The molecule has 16 heavy (non-hydrogen) atoms. The van der Waals surface area contributed by atoms with E-state index in [0.29, 0.717) is 18.7 Å². The fourth-order valence-corrected chi connectivity index (χ4v) is 1.19. The fourth-order valence-electron chi connectivity index (χ4n) is 1.19. The molecule has 5 nitrogen and oxygen atoms in total. The molecule has 0 fully saturated rings. The van der Waals surface area contributed by atoms with Crippen LogP contribution in [0.2, 0.25) is 0 Å². The molecule has 0 radical (unpaired) electrons. The van der Waals surface area contributed by atoms with Crippen LogP contribution in [0.15, 0.2) is 12.4 Å². The largest absolute Gasteiger partial charge is 0.396 e. The summed E-state index contributed by atoms with van der Waals surface area (Å²) in [6.45, 7) is 4.46. The molecule has 0 aliphatic heterocycles. The number of hydrogen-bond donors (Lipinski definition) is 2. The van der Waals surface area contributed by atoms with E-state index in [1.807, 2.05) is 13.8 Å². The number of aromatic nitrogens is 2. The molecule has 0 saturated heterocycles. The Kier molecular flexibility index (Phi) is 4.85. The van der Waals surface area contributed by atoms with E-state index >= 15 is 0 Å². The molecule has 0 saturated carbocycles. The van der Waals surface area contributed by atoms with Crippen LogP contribution in [0.1, 0.15) is 29.5 Å². The highest BCUT2D eigenvalue weighted by atomic mass is 16.3. The lowest BCUT2D eigenvalue weighted by Gasteiger charge is -2.10. The molecule has 1 atom stereocenters. The number of nitrogens with zero attached hydrogens (tertiary/aromatic N) is 2. The zero-order valence-electron chi connectivity index (χ0n) is 9.60. The van der Waals surface area contributed by atoms with Gasteiger partial charge in [-0.25, -0.2) is 4.98 Å². The molecule has 0 spiro atoms. The monoisotopic (exact) mass is 223 g/mol. The van der Waals surface area contributed by atoms with Crippen LogP contribution in [0.25, 0.3) is 0 Å². The Morgan fingerprint density at radius 2 is 2.25 bits per heavy atom. The summed E-state index contributed by atoms with van der Waals surface area (Å²) < 4.78 is 0. The zero-order valence-corrected chi connectivity index (χ0v) is 9.60. The highest BCUT2D eigenvalue weighted by molar-refractivity contribution is 5.91. The molecule has 0 aliphatic rings. The molecule has 1 heterocycles. The summed E-state index contributed by atoms with van der Waals surface area (Å²) >= 11 is 0. The van der Waals surface area contributed by atoms with Gasteiger partial charge in [-0.15, -0.1) is 0 Å². The van der Waals surface area contributed by atoms with E-state index in [0.717, 1.165) is 5.69 Å². The number of aryl methyl sites for hydroxylation is 1. The van der Waals surface area contributed by atoms with Crippen molar-refractivity contribution in [1.82, 2.24) is 15.3 Å². The van der Waals surface area contributed by atoms with E-state index in [1.54, 1.807) is 6.20 Å². The predicted octanol–water partition coefficient (Wildman–Crippen LogP) is 0.533. The fraction of sp³-hybridized carbons (Fsp3) is 0.545. The Bertz CT molecular complexity index is 338. The lowest BCUT2D eigenvalue weighted by molar-refractivity contribution is 0.0940. The zero-order chi connectivity index (χ0) is 12.0. The maximum atomic E-state index is 11.6. The third kappa shape index (κ3) is 3.94. The Hall–Kier alpha value is -1.49. The second kappa shape index (κ2) is 6.17. The Labute approximate surface area is 94.9 Å². The minimum atomic E-state index is -0.225. The van der Waals surface area contributed by atoms with Gasteiger partial charge in [-0.3, -0.25) is 9.78 Å². The van der Waals surface area contributed by atoms with Crippen molar-refractivity contribution >= 4 is 5.91 Å². The average molecular weight is 223 g/mol. The van der Waals surface area contributed by atoms with Gasteiger partial charge in [0.05, 0.1) is 11.9 Å². The van der Waals surface area contributed by atoms with Crippen molar-refractivity contribution in [2.24, 2.45) is 5.92 Å². The van der Waals surface area contributed by atoms with E-state index in [9.17, 15) is 4.79 Å². The van der Waals surface area contributed by atoms with Gasteiger partial charge in [0.15, 0.2) is 0 Å². The van der Waals surface area contributed by atoms with E-state index in [4.69, 9.17) is 5.11 Å². The van der Waals surface area contributed by atoms with E-state index in [2.05, 4.69) is 15.3 Å². The molecule has 2 N–H and O–H groups in total. The Balaban J connectivity index is 2.43. The molecule has 5 heteroatoms. The number of rotatable bonds is 5. The Morgan fingerprint density at radius 1 is 1.50 bits per heavy atom. The normalized spacial score (nSPS) is 12.2. The van der Waals surface area contributed by atoms with Crippen molar-refractivity contribution in [2.75, 3.05) is 13.2 Å². The first-order valence-corrected chi connectivity index (χ1v) is 5.31. The summed E-state index contributed by atoms with van der Waals surface area (Å²) in [4.78, 5) is 19.6. The standard InChI is InChI=1S/C11H17N3O2/c1-8(3-4-15)5-14-11(16)10-7-12-9(2)6-13-10/h6-8,15H,3-5H2,1-2H3,(H,14,16). The van der Waals surface area contributed by atoms with Crippen LogP contribution in [0.4, 0.5) is 0 Å². The first-order chi connectivity index (χ1) is 7.63. The van der Waals surface area contributed by atoms with Gasteiger partial charge in [-0.05, 0) is 19.3 Å². The minimum absolute atomic E-state index is 0.140. The third-order valence-corrected chi connectivity index (χ3v) is 2.25. The molecule has 0 bridgehead atoms. The predicted molar refractivity (Wildman–Crippen MR) is 60.0 cm³/mol. The van der Waals surface area contributed by atoms with Crippen LogP contribution in [0, 0.1) is 12.8 Å². The molecular formula is C11H17N3O2. The number of nitrogens with one attached hydrogen (secondary N) is 1. The van der Waals surface area contributed by atoms with Crippen LogP contribution in [-0.4, -0.2) is 34.1 Å². The van der Waals surface area contributed by atoms with Crippen molar-refractivity contribution in [1.29, 1.82) is 0 Å². The molecule has 1 amide bonds. The van der Waals surface area contributed by atoms with Crippen molar-refractivity contribution in [3.63, 3.8) is 0 Å². The van der Waals surface area contributed by atoms with Gasteiger partial charge in [-0.1, -0.05) is 6.92 Å². The van der Waals surface area contributed by atoms with Crippen LogP contribution in [0.5, 0.6) is 0 Å². The smallest absolute Gasteiger partial charge is 0.271 e. The van der Waals surface area contributed by atoms with Gasteiger partial charge in [0, 0.05) is 19.3 Å². The highest BCUT2D eigenvalue weighted by Crippen LogP contribution is 1.99. The quantitative estimate of drug-likeness (QED) is 0.763. The second-order valence-electron chi connectivity index (χ2n) is 3.87. The van der Waals surface area contributed by atoms with Crippen molar-refractivity contribution in [2.45, 2.75) is 20.3 Å². The first-order valence-electron chi connectivity index (χ1n) is 5.31. The van der Waals surface area contributed by atoms with E-state index in [-0.39, 0.29) is 18.4 Å². The molecule has 1 aromatic rings. The molecule has 0 aromatic carbocycles. The Morgan fingerprint density at radius 3 is 2.81 bits per heavy atom. The van der Waals surface area contributed by atoms with E-state index in [1.165, 1.54) is 6.20 Å². The van der Waals surface area contributed by atoms with Gasteiger partial charge in [0.1, 0.15) is 5.69 Å². The maximum Gasteiger partial charge on any atom is 0.271 e. The van der Waals surface area contributed by atoms with Crippen LogP contribution >= 0.6 is 0 Å². The number of hydrogen-bond acceptors (Lipinski definition) is 4. The average Bonchev–Trinajstić information content (AvgIpc) is 2.27. The number of amides is 1. The van der Waals surface area contributed by atoms with Crippen molar-refractivity contribution in [3.05, 3.63) is 23.8 Å². The summed E-state index contributed by atoms with van der Waals surface area (Å²) in [6, 6.07) is 0. The van der Waals surface area contributed by atoms with Crippen LogP contribution in [0.3, 0.4) is 0 Å². The number of carbonyl (C=O) groups is 1. The summed E-state index contributed by atoms with van der Waals surface area (Å²) in [5, 5.41) is 11.5. The number of aliphatic hydroxyl groups excluding tert-OH is 1. The van der Waals surface area contributed by atoms with Crippen molar-refractivity contribution in [3.8, 4) is 0 Å². The topological polar surface area (TPSA) is 75.1 Å². The molecule has 1 rings (SSSR count). The maximum absolute atomic E-state index is 11.6. The van der Waals surface area contributed by atoms with Gasteiger partial charge >= 0.3 is 0 Å². The highest BCUT2D eigenvalue weighted by Gasteiger charge is 2.08. The SMILES string of the molecule is Cc1cnc(C(=O)NCC(C)CCO)cn1. The molecular weight excluding hydrogens is 206 g/mol. The second-order valence-corrected chi connectivity index (χ2v) is 3.87.